The van der Waals surface area contributed by atoms with Crippen LogP contribution in [0.25, 0.3) is 10.6 Å². The lowest BCUT2D eigenvalue weighted by molar-refractivity contribution is -0.141. The molecule has 0 atom stereocenters. The quantitative estimate of drug-likeness (QED) is 0.729. The van der Waals surface area contributed by atoms with Gasteiger partial charge < -0.3 is 5.32 Å². The molecule has 0 saturated heterocycles. The van der Waals surface area contributed by atoms with Crippen LogP contribution < -0.4 is 5.32 Å². The molecule has 0 radical (unpaired) electrons. The Labute approximate surface area is 145 Å². The molecule has 2 aromatic heterocycles. The van der Waals surface area contributed by atoms with Crippen molar-refractivity contribution in [2.75, 3.05) is 5.32 Å². The standard InChI is InChI=1S/C17H14F3N3OS/c1-10-5-3-4-6-11(10)21-16(24)14-8-7-13(25-14)12-9-15(17(18,19)20)22-23(12)2/h3-9H,1-2H3,(H,21,24). The number of nitrogens with zero attached hydrogens (tertiary/aromatic N) is 2. The SMILES string of the molecule is Cc1ccccc1NC(=O)c1ccc(-c2cc(C(F)(F)F)nn2C)s1. The number of aromatic nitrogens is 2. The van der Waals surface area contributed by atoms with Crippen molar-refractivity contribution >= 4 is 22.9 Å². The van der Waals surface area contributed by atoms with Gasteiger partial charge in [0.1, 0.15) is 0 Å². The predicted octanol–water partition coefficient (Wildman–Crippen LogP) is 4.73. The molecule has 0 spiro atoms. The number of carbonyl (C=O) groups is 1. The lowest BCUT2D eigenvalue weighted by Gasteiger charge is -2.06. The molecule has 130 valence electrons. The first-order valence-corrected chi connectivity index (χ1v) is 8.16. The molecular formula is C17H14F3N3OS. The molecule has 8 heteroatoms. The average Bonchev–Trinajstić information content (AvgIpc) is 3.15. The molecule has 0 aliphatic rings. The van der Waals surface area contributed by atoms with E-state index in [1.807, 2.05) is 25.1 Å². The van der Waals surface area contributed by atoms with E-state index in [-0.39, 0.29) is 5.91 Å². The maximum Gasteiger partial charge on any atom is 0.435 e. The number of anilines is 1. The van der Waals surface area contributed by atoms with Gasteiger partial charge in [-0.1, -0.05) is 18.2 Å². The summed E-state index contributed by atoms with van der Waals surface area (Å²) in [6.45, 7) is 1.88. The second-order valence-electron chi connectivity index (χ2n) is 5.47. The van der Waals surface area contributed by atoms with E-state index in [2.05, 4.69) is 10.4 Å². The highest BCUT2D eigenvalue weighted by molar-refractivity contribution is 7.17. The van der Waals surface area contributed by atoms with Crippen LogP contribution in [-0.4, -0.2) is 15.7 Å². The molecule has 4 nitrogen and oxygen atoms in total. The molecule has 0 unspecified atom stereocenters. The average molecular weight is 365 g/mol. The van der Waals surface area contributed by atoms with Gasteiger partial charge in [0.05, 0.1) is 15.4 Å². The van der Waals surface area contributed by atoms with Crippen LogP contribution in [0, 0.1) is 6.92 Å². The van der Waals surface area contributed by atoms with Crippen LogP contribution in [0.2, 0.25) is 0 Å². The Hall–Kier alpha value is -2.61. The number of benzene rings is 1. The van der Waals surface area contributed by atoms with E-state index in [9.17, 15) is 18.0 Å². The molecular weight excluding hydrogens is 351 g/mol. The van der Waals surface area contributed by atoms with Crippen molar-refractivity contribution < 1.29 is 18.0 Å². The smallest absolute Gasteiger partial charge is 0.321 e. The minimum atomic E-state index is -4.50. The fraction of sp³-hybridized carbons (Fsp3) is 0.176. The van der Waals surface area contributed by atoms with Gasteiger partial charge in [0.2, 0.25) is 0 Å². The highest BCUT2D eigenvalue weighted by atomic mass is 32.1. The van der Waals surface area contributed by atoms with Crippen molar-refractivity contribution in [3.63, 3.8) is 0 Å². The van der Waals surface area contributed by atoms with Gasteiger partial charge in [-0.15, -0.1) is 11.3 Å². The van der Waals surface area contributed by atoms with Crippen molar-refractivity contribution in [3.05, 3.63) is 58.6 Å². The zero-order valence-corrected chi connectivity index (χ0v) is 14.2. The molecule has 0 bridgehead atoms. The Morgan fingerprint density at radius 2 is 1.92 bits per heavy atom. The van der Waals surface area contributed by atoms with Gasteiger partial charge in [0.25, 0.3) is 5.91 Å². The highest BCUT2D eigenvalue weighted by Gasteiger charge is 2.34. The van der Waals surface area contributed by atoms with Crippen molar-refractivity contribution in [1.29, 1.82) is 0 Å². The van der Waals surface area contributed by atoms with Crippen molar-refractivity contribution in [1.82, 2.24) is 9.78 Å². The van der Waals surface area contributed by atoms with Crippen molar-refractivity contribution in [2.45, 2.75) is 13.1 Å². The number of thiophene rings is 1. The summed E-state index contributed by atoms with van der Waals surface area (Å²) in [5.41, 5.74) is 0.980. The van der Waals surface area contributed by atoms with Crippen LogP contribution in [-0.2, 0) is 13.2 Å². The lowest BCUT2D eigenvalue weighted by Crippen LogP contribution is -2.10. The van der Waals surface area contributed by atoms with E-state index in [0.29, 0.717) is 21.1 Å². The molecule has 1 N–H and O–H groups in total. The number of hydrogen-bond donors (Lipinski definition) is 1. The lowest BCUT2D eigenvalue weighted by atomic mass is 10.2. The van der Waals surface area contributed by atoms with E-state index in [1.165, 1.54) is 7.05 Å². The number of rotatable bonds is 3. The third-order valence-electron chi connectivity index (χ3n) is 3.65. The summed E-state index contributed by atoms with van der Waals surface area (Å²) in [6.07, 6.45) is -4.50. The number of amides is 1. The molecule has 0 aliphatic carbocycles. The Morgan fingerprint density at radius 1 is 1.20 bits per heavy atom. The van der Waals surface area contributed by atoms with Crippen LogP contribution in [0.4, 0.5) is 18.9 Å². The molecule has 3 rings (SSSR count). The minimum absolute atomic E-state index is 0.302. The molecule has 1 amide bonds. The molecule has 25 heavy (non-hydrogen) atoms. The van der Waals surface area contributed by atoms with Gasteiger partial charge in [-0.2, -0.15) is 18.3 Å². The second-order valence-corrected chi connectivity index (χ2v) is 6.55. The van der Waals surface area contributed by atoms with E-state index < -0.39 is 11.9 Å². The zero-order valence-electron chi connectivity index (χ0n) is 13.4. The summed E-state index contributed by atoms with van der Waals surface area (Å²) in [5.74, 6) is -0.302. The fourth-order valence-corrected chi connectivity index (χ4v) is 3.28. The maximum atomic E-state index is 12.8. The van der Waals surface area contributed by atoms with Crippen LogP contribution in [0.5, 0.6) is 0 Å². The van der Waals surface area contributed by atoms with Crippen LogP contribution >= 0.6 is 11.3 Å². The van der Waals surface area contributed by atoms with E-state index in [1.54, 1.807) is 18.2 Å². The number of halogens is 3. The normalized spacial score (nSPS) is 11.6. The van der Waals surface area contributed by atoms with Crippen LogP contribution in [0.1, 0.15) is 20.9 Å². The summed E-state index contributed by atoms with van der Waals surface area (Å²) in [4.78, 5) is 13.3. The summed E-state index contributed by atoms with van der Waals surface area (Å²) in [5, 5.41) is 6.29. The topological polar surface area (TPSA) is 46.9 Å². The Morgan fingerprint density at radius 3 is 2.56 bits per heavy atom. The summed E-state index contributed by atoms with van der Waals surface area (Å²) < 4.78 is 39.5. The minimum Gasteiger partial charge on any atom is -0.321 e. The van der Waals surface area contributed by atoms with Crippen molar-refractivity contribution in [3.8, 4) is 10.6 Å². The predicted molar refractivity (Wildman–Crippen MR) is 90.7 cm³/mol. The molecule has 1 aromatic carbocycles. The van der Waals surface area contributed by atoms with Crippen molar-refractivity contribution in [2.24, 2.45) is 7.05 Å². The maximum absolute atomic E-state index is 12.8. The van der Waals surface area contributed by atoms with E-state index in [0.717, 1.165) is 27.6 Å². The molecule has 3 aromatic rings. The third-order valence-corrected chi connectivity index (χ3v) is 4.75. The third kappa shape index (κ3) is 3.58. The summed E-state index contributed by atoms with van der Waals surface area (Å²) >= 11 is 1.12. The van der Waals surface area contributed by atoms with E-state index in [4.69, 9.17) is 0 Å². The second kappa shape index (κ2) is 6.36. The molecule has 0 aliphatic heterocycles. The number of alkyl halides is 3. The Kier molecular flexibility index (Phi) is 4.38. The Balaban J connectivity index is 1.84. The monoisotopic (exact) mass is 365 g/mol. The number of aryl methyl sites for hydroxylation is 2. The van der Waals surface area contributed by atoms with Gasteiger partial charge in [-0.05, 0) is 36.8 Å². The Bertz CT molecular complexity index is 927. The fourth-order valence-electron chi connectivity index (χ4n) is 2.33. The summed E-state index contributed by atoms with van der Waals surface area (Å²) in [7, 11) is 1.44. The zero-order chi connectivity index (χ0) is 18.2. The first-order valence-electron chi connectivity index (χ1n) is 7.34. The number of nitrogens with one attached hydrogen (secondary N) is 1. The largest absolute Gasteiger partial charge is 0.435 e. The van der Waals surface area contributed by atoms with Crippen LogP contribution in [0.3, 0.4) is 0 Å². The number of carbonyl (C=O) groups excluding carboxylic acids is 1. The molecule has 0 saturated carbocycles. The highest BCUT2D eigenvalue weighted by Crippen LogP contribution is 2.34. The van der Waals surface area contributed by atoms with E-state index >= 15 is 0 Å². The number of hydrogen-bond acceptors (Lipinski definition) is 3. The molecule has 0 fully saturated rings. The van der Waals surface area contributed by atoms with Gasteiger partial charge >= 0.3 is 6.18 Å². The van der Waals surface area contributed by atoms with Gasteiger partial charge in [-0.25, -0.2) is 0 Å². The summed E-state index contributed by atoms with van der Waals surface area (Å²) in [6, 6.07) is 11.5. The van der Waals surface area contributed by atoms with Gasteiger partial charge in [0.15, 0.2) is 5.69 Å². The first-order chi connectivity index (χ1) is 11.8. The first kappa shape index (κ1) is 17.2. The van der Waals surface area contributed by atoms with Gasteiger partial charge in [0, 0.05) is 12.7 Å². The van der Waals surface area contributed by atoms with Gasteiger partial charge in [-0.3, -0.25) is 9.48 Å². The molecule has 2 heterocycles. The van der Waals surface area contributed by atoms with Crippen LogP contribution in [0.15, 0.2) is 42.5 Å². The number of para-hydroxylation sites is 1.